The van der Waals surface area contributed by atoms with Gasteiger partial charge in [-0.2, -0.15) is 0 Å². The molecule has 0 fully saturated rings. The molecular weight excluding hydrogens is 242 g/mol. The summed E-state index contributed by atoms with van der Waals surface area (Å²) in [5, 5.41) is 7.93. The zero-order chi connectivity index (χ0) is 14.0. The Morgan fingerprint density at radius 2 is 2.05 bits per heavy atom. The maximum absolute atomic E-state index is 5.52. The summed E-state index contributed by atoms with van der Waals surface area (Å²) < 4.78 is 10.9. The van der Waals surface area contributed by atoms with Crippen molar-refractivity contribution < 1.29 is 9.15 Å². The lowest BCUT2D eigenvalue weighted by atomic mass is 9.96. The first-order valence-electron chi connectivity index (χ1n) is 6.28. The van der Waals surface area contributed by atoms with Gasteiger partial charge in [0.15, 0.2) is 0 Å². The molecule has 1 heterocycles. The van der Waals surface area contributed by atoms with Gasteiger partial charge in [0.05, 0.1) is 13.7 Å². The molecule has 0 amide bonds. The standard InChI is InChI=1S/C14H19N3O2/c1-8(2)10-6-11(9(3)5-12(10)18-4)14-17-16-13(7-15)19-14/h5-6,8H,7,15H2,1-4H3. The minimum atomic E-state index is 0.249. The Hall–Kier alpha value is -1.88. The molecule has 0 bridgehead atoms. The predicted octanol–water partition coefficient (Wildman–Crippen LogP) is 2.64. The third-order valence-electron chi connectivity index (χ3n) is 3.07. The second-order valence-electron chi connectivity index (χ2n) is 4.77. The van der Waals surface area contributed by atoms with E-state index < -0.39 is 0 Å². The van der Waals surface area contributed by atoms with Crippen LogP contribution in [0.3, 0.4) is 0 Å². The Labute approximate surface area is 112 Å². The highest BCUT2D eigenvalue weighted by Gasteiger charge is 2.16. The Morgan fingerprint density at radius 1 is 1.32 bits per heavy atom. The van der Waals surface area contributed by atoms with Crippen LogP contribution in [-0.2, 0) is 6.54 Å². The fourth-order valence-corrected chi connectivity index (χ4v) is 2.00. The molecule has 0 spiro atoms. The lowest BCUT2D eigenvalue weighted by molar-refractivity contribution is 0.407. The number of nitrogens with two attached hydrogens (primary N) is 1. The molecule has 19 heavy (non-hydrogen) atoms. The number of hydrogen-bond donors (Lipinski definition) is 1. The van der Waals surface area contributed by atoms with E-state index >= 15 is 0 Å². The van der Waals surface area contributed by atoms with Gasteiger partial charge in [0.2, 0.25) is 11.8 Å². The Kier molecular flexibility index (Phi) is 3.85. The number of ether oxygens (including phenoxy) is 1. The summed E-state index contributed by atoms with van der Waals surface area (Å²) in [6.45, 7) is 6.49. The highest BCUT2D eigenvalue weighted by atomic mass is 16.5. The van der Waals surface area contributed by atoms with Crippen LogP contribution in [0.15, 0.2) is 16.5 Å². The number of methoxy groups -OCH3 is 1. The molecule has 1 aromatic carbocycles. The smallest absolute Gasteiger partial charge is 0.248 e. The lowest BCUT2D eigenvalue weighted by Gasteiger charge is -2.14. The molecule has 0 aliphatic carbocycles. The number of nitrogens with zero attached hydrogens (tertiary/aromatic N) is 2. The highest BCUT2D eigenvalue weighted by Crippen LogP contribution is 2.33. The van der Waals surface area contributed by atoms with Gasteiger partial charge in [-0.15, -0.1) is 10.2 Å². The number of aryl methyl sites for hydroxylation is 1. The predicted molar refractivity (Wildman–Crippen MR) is 73.0 cm³/mol. The minimum Gasteiger partial charge on any atom is -0.496 e. The summed E-state index contributed by atoms with van der Waals surface area (Å²) in [4.78, 5) is 0. The first-order valence-corrected chi connectivity index (χ1v) is 6.28. The molecule has 0 atom stereocenters. The third-order valence-corrected chi connectivity index (χ3v) is 3.07. The van der Waals surface area contributed by atoms with Crippen LogP contribution in [0.1, 0.15) is 36.8 Å². The molecule has 2 rings (SSSR count). The van der Waals surface area contributed by atoms with Crippen LogP contribution in [0.2, 0.25) is 0 Å². The quantitative estimate of drug-likeness (QED) is 0.915. The van der Waals surface area contributed by atoms with Crippen molar-refractivity contribution in [1.82, 2.24) is 10.2 Å². The zero-order valence-electron chi connectivity index (χ0n) is 11.7. The Morgan fingerprint density at radius 3 is 2.58 bits per heavy atom. The third kappa shape index (κ3) is 2.61. The molecule has 0 aliphatic rings. The normalized spacial score (nSPS) is 11.1. The first kappa shape index (κ1) is 13.5. The van der Waals surface area contributed by atoms with Crippen LogP contribution < -0.4 is 10.5 Å². The lowest BCUT2D eigenvalue weighted by Crippen LogP contribution is -1.97. The van der Waals surface area contributed by atoms with E-state index in [1.807, 2.05) is 19.1 Å². The van der Waals surface area contributed by atoms with E-state index in [2.05, 4.69) is 24.0 Å². The van der Waals surface area contributed by atoms with E-state index in [-0.39, 0.29) is 6.54 Å². The molecule has 5 nitrogen and oxygen atoms in total. The van der Waals surface area contributed by atoms with Crippen LogP contribution >= 0.6 is 0 Å². The number of aromatic nitrogens is 2. The summed E-state index contributed by atoms with van der Waals surface area (Å²) in [6, 6.07) is 4.05. The van der Waals surface area contributed by atoms with Crippen molar-refractivity contribution in [3.8, 4) is 17.2 Å². The number of rotatable bonds is 4. The Bertz CT molecular complexity index is 576. The van der Waals surface area contributed by atoms with E-state index in [0.717, 1.165) is 22.4 Å². The number of benzene rings is 1. The van der Waals surface area contributed by atoms with Crippen LogP contribution in [0.5, 0.6) is 5.75 Å². The molecule has 0 unspecified atom stereocenters. The van der Waals surface area contributed by atoms with Crippen molar-refractivity contribution in [3.63, 3.8) is 0 Å². The minimum absolute atomic E-state index is 0.249. The van der Waals surface area contributed by atoms with Gasteiger partial charge in [-0.25, -0.2) is 0 Å². The Balaban J connectivity index is 2.54. The van der Waals surface area contributed by atoms with E-state index in [1.165, 1.54) is 0 Å². The molecule has 102 valence electrons. The van der Waals surface area contributed by atoms with E-state index in [4.69, 9.17) is 14.9 Å². The van der Waals surface area contributed by atoms with E-state index in [9.17, 15) is 0 Å². The second kappa shape index (κ2) is 5.40. The molecular formula is C14H19N3O2. The molecule has 0 saturated heterocycles. The molecule has 0 aliphatic heterocycles. The van der Waals surface area contributed by atoms with Crippen LogP contribution in [0.25, 0.3) is 11.5 Å². The van der Waals surface area contributed by atoms with Gasteiger partial charge in [0.1, 0.15) is 5.75 Å². The van der Waals surface area contributed by atoms with Crippen molar-refractivity contribution >= 4 is 0 Å². The van der Waals surface area contributed by atoms with Crippen LogP contribution in [-0.4, -0.2) is 17.3 Å². The molecule has 0 saturated carbocycles. The summed E-state index contributed by atoms with van der Waals surface area (Å²) in [5.41, 5.74) is 8.57. The largest absolute Gasteiger partial charge is 0.496 e. The zero-order valence-corrected chi connectivity index (χ0v) is 11.7. The van der Waals surface area contributed by atoms with Gasteiger partial charge in [0.25, 0.3) is 0 Å². The molecule has 1 aromatic heterocycles. The van der Waals surface area contributed by atoms with Crippen LogP contribution in [0, 0.1) is 6.92 Å². The van der Waals surface area contributed by atoms with E-state index in [0.29, 0.717) is 17.7 Å². The fraction of sp³-hybridized carbons (Fsp3) is 0.429. The molecule has 2 N–H and O–H groups in total. The average molecular weight is 261 g/mol. The van der Waals surface area contributed by atoms with Crippen molar-refractivity contribution in [2.75, 3.05) is 7.11 Å². The SMILES string of the molecule is COc1cc(C)c(-c2nnc(CN)o2)cc1C(C)C. The summed E-state index contributed by atoms with van der Waals surface area (Å²) in [6.07, 6.45) is 0. The molecule has 0 radical (unpaired) electrons. The number of hydrogen-bond acceptors (Lipinski definition) is 5. The van der Waals surface area contributed by atoms with Gasteiger partial charge in [0, 0.05) is 5.56 Å². The van der Waals surface area contributed by atoms with Crippen molar-refractivity contribution in [3.05, 3.63) is 29.2 Å². The molecule has 2 aromatic rings. The van der Waals surface area contributed by atoms with Gasteiger partial charge in [-0.05, 0) is 36.1 Å². The summed E-state index contributed by atoms with van der Waals surface area (Å²) in [5.74, 6) is 2.18. The second-order valence-corrected chi connectivity index (χ2v) is 4.77. The van der Waals surface area contributed by atoms with Crippen molar-refractivity contribution in [2.24, 2.45) is 5.73 Å². The molecule has 5 heteroatoms. The van der Waals surface area contributed by atoms with Gasteiger partial charge < -0.3 is 14.9 Å². The van der Waals surface area contributed by atoms with Crippen molar-refractivity contribution in [1.29, 1.82) is 0 Å². The van der Waals surface area contributed by atoms with Gasteiger partial charge in [-0.3, -0.25) is 0 Å². The van der Waals surface area contributed by atoms with Gasteiger partial charge >= 0.3 is 0 Å². The fourth-order valence-electron chi connectivity index (χ4n) is 2.00. The maximum Gasteiger partial charge on any atom is 0.248 e. The van der Waals surface area contributed by atoms with Gasteiger partial charge in [-0.1, -0.05) is 13.8 Å². The first-order chi connectivity index (χ1) is 9.06. The van der Waals surface area contributed by atoms with Crippen LogP contribution in [0.4, 0.5) is 0 Å². The van der Waals surface area contributed by atoms with E-state index in [1.54, 1.807) is 7.11 Å². The summed E-state index contributed by atoms with van der Waals surface area (Å²) in [7, 11) is 1.68. The van der Waals surface area contributed by atoms with Crippen molar-refractivity contribution in [2.45, 2.75) is 33.2 Å². The highest BCUT2D eigenvalue weighted by molar-refractivity contribution is 5.62. The average Bonchev–Trinajstić information content (AvgIpc) is 2.86. The topological polar surface area (TPSA) is 74.2 Å². The maximum atomic E-state index is 5.52. The monoisotopic (exact) mass is 261 g/mol. The summed E-state index contributed by atoms with van der Waals surface area (Å²) >= 11 is 0.